The Labute approximate surface area is 140 Å². The molecule has 0 aliphatic carbocycles. The predicted molar refractivity (Wildman–Crippen MR) is 94.3 cm³/mol. The molecule has 1 fully saturated rings. The lowest BCUT2D eigenvalue weighted by Gasteiger charge is -2.21. The van der Waals surface area contributed by atoms with E-state index in [1.54, 1.807) is 13.3 Å². The maximum absolute atomic E-state index is 13.4. The smallest absolute Gasteiger partial charge is 0.125 e. The minimum Gasteiger partial charge on any atom is -0.496 e. The van der Waals surface area contributed by atoms with E-state index >= 15 is 0 Å². The molecule has 3 nitrogen and oxygen atoms in total. The fourth-order valence-corrected chi connectivity index (χ4v) is 3.62. The largest absolute Gasteiger partial charge is 0.496 e. The summed E-state index contributed by atoms with van der Waals surface area (Å²) in [4.78, 5) is 6.65. The molecule has 24 heavy (non-hydrogen) atoms. The summed E-state index contributed by atoms with van der Waals surface area (Å²) < 4.78 is 19.0. The molecule has 1 aliphatic rings. The van der Waals surface area contributed by atoms with Crippen LogP contribution in [0, 0.1) is 5.82 Å². The Morgan fingerprint density at radius 1 is 1.17 bits per heavy atom. The van der Waals surface area contributed by atoms with Gasteiger partial charge in [0.2, 0.25) is 0 Å². The van der Waals surface area contributed by atoms with E-state index in [2.05, 4.69) is 22.0 Å². The van der Waals surface area contributed by atoms with Crippen LogP contribution >= 0.6 is 0 Å². The average Bonchev–Trinajstić information content (AvgIpc) is 3.10. The number of aromatic nitrogens is 1. The zero-order valence-corrected chi connectivity index (χ0v) is 13.6. The Morgan fingerprint density at radius 2 is 2.04 bits per heavy atom. The fourth-order valence-electron chi connectivity index (χ4n) is 3.62. The summed E-state index contributed by atoms with van der Waals surface area (Å²) in [7, 11) is 1.72. The summed E-state index contributed by atoms with van der Waals surface area (Å²) >= 11 is 0. The number of anilines is 1. The van der Waals surface area contributed by atoms with E-state index in [0.717, 1.165) is 36.3 Å². The van der Waals surface area contributed by atoms with Crippen molar-refractivity contribution in [3.05, 3.63) is 66.1 Å². The Balaban J connectivity index is 1.66. The summed E-state index contributed by atoms with van der Waals surface area (Å²) in [6.07, 6.45) is 2.83. The molecule has 0 amide bonds. The standard InChI is InChI=1S/C20H19FN2O/c1-24-20-5-3-2-4-16(20)14-9-11-23(13-14)19-8-10-22-18-12-15(21)6-7-17(18)19/h2-8,10,12,14H,9,11,13H2,1H3. The van der Waals surface area contributed by atoms with Crippen LogP contribution in [-0.2, 0) is 0 Å². The third-order valence-corrected chi connectivity index (χ3v) is 4.79. The third-order valence-electron chi connectivity index (χ3n) is 4.79. The molecule has 0 bridgehead atoms. The number of pyridine rings is 1. The van der Waals surface area contributed by atoms with E-state index in [0.29, 0.717) is 11.4 Å². The summed E-state index contributed by atoms with van der Waals surface area (Å²) in [5.41, 5.74) is 3.08. The van der Waals surface area contributed by atoms with E-state index in [1.165, 1.54) is 17.7 Å². The molecule has 0 saturated carbocycles. The summed E-state index contributed by atoms with van der Waals surface area (Å²) in [5.74, 6) is 1.14. The zero-order valence-electron chi connectivity index (χ0n) is 13.6. The lowest BCUT2D eigenvalue weighted by Crippen LogP contribution is -2.19. The lowest BCUT2D eigenvalue weighted by molar-refractivity contribution is 0.406. The number of rotatable bonds is 3. The molecule has 0 N–H and O–H groups in total. The van der Waals surface area contributed by atoms with E-state index in [1.807, 2.05) is 24.3 Å². The fraction of sp³-hybridized carbons (Fsp3) is 0.250. The minimum atomic E-state index is -0.250. The van der Waals surface area contributed by atoms with Gasteiger partial charge in [-0.15, -0.1) is 0 Å². The SMILES string of the molecule is COc1ccccc1C1CCN(c2ccnc3cc(F)ccc23)C1. The summed E-state index contributed by atoms with van der Waals surface area (Å²) in [5, 5.41) is 1.000. The number of nitrogens with zero attached hydrogens (tertiary/aromatic N) is 2. The molecular weight excluding hydrogens is 303 g/mol. The van der Waals surface area contributed by atoms with Crippen molar-refractivity contribution in [3.63, 3.8) is 0 Å². The van der Waals surface area contributed by atoms with Gasteiger partial charge in [-0.05, 0) is 36.2 Å². The molecule has 1 saturated heterocycles. The second kappa shape index (κ2) is 6.11. The molecule has 1 aliphatic heterocycles. The quantitative estimate of drug-likeness (QED) is 0.716. The van der Waals surface area contributed by atoms with Crippen molar-refractivity contribution in [1.29, 1.82) is 0 Å². The van der Waals surface area contributed by atoms with Crippen molar-refractivity contribution in [1.82, 2.24) is 4.98 Å². The molecule has 1 aromatic heterocycles. The second-order valence-electron chi connectivity index (χ2n) is 6.17. The van der Waals surface area contributed by atoms with Gasteiger partial charge in [0, 0.05) is 42.3 Å². The number of halogens is 1. The van der Waals surface area contributed by atoms with Crippen molar-refractivity contribution < 1.29 is 9.13 Å². The number of ether oxygens (including phenoxy) is 1. The van der Waals surface area contributed by atoms with Crippen LogP contribution < -0.4 is 9.64 Å². The molecule has 0 spiro atoms. The van der Waals surface area contributed by atoms with Gasteiger partial charge in [-0.25, -0.2) is 4.39 Å². The van der Waals surface area contributed by atoms with Gasteiger partial charge < -0.3 is 9.64 Å². The van der Waals surface area contributed by atoms with Crippen LogP contribution in [0.1, 0.15) is 17.9 Å². The highest BCUT2D eigenvalue weighted by Gasteiger charge is 2.27. The Morgan fingerprint density at radius 3 is 2.92 bits per heavy atom. The Hall–Kier alpha value is -2.62. The molecule has 1 unspecified atom stereocenters. The average molecular weight is 322 g/mol. The van der Waals surface area contributed by atoms with Crippen molar-refractivity contribution in [2.75, 3.05) is 25.1 Å². The second-order valence-corrected chi connectivity index (χ2v) is 6.17. The summed E-state index contributed by atoms with van der Waals surface area (Å²) in [6.45, 7) is 1.90. The maximum Gasteiger partial charge on any atom is 0.125 e. The van der Waals surface area contributed by atoms with Crippen LogP contribution in [0.3, 0.4) is 0 Å². The highest BCUT2D eigenvalue weighted by molar-refractivity contribution is 5.91. The zero-order chi connectivity index (χ0) is 16.5. The highest BCUT2D eigenvalue weighted by atomic mass is 19.1. The van der Waals surface area contributed by atoms with Crippen molar-refractivity contribution in [2.45, 2.75) is 12.3 Å². The molecule has 4 rings (SSSR count). The van der Waals surface area contributed by atoms with Gasteiger partial charge in [0.25, 0.3) is 0 Å². The van der Waals surface area contributed by atoms with Gasteiger partial charge in [0.05, 0.1) is 12.6 Å². The van der Waals surface area contributed by atoms with Gasteiger partial charge in [-0.3, -0.25) is 4.98 Å². The highest BCUT2D eigenvalue weighted by Crippen LogP contribution is 2.37. The molecule has 0 radical (unpaired) electrons. The molecule has 4 heteroatoms. The van der Waals surface area contributed by atoms with Gasteiger partial charge in [-0.1, -0.05) is 18.2 Å². The van der Waals surface area contributed by atoms with Gasteiger partial charge >= 0.3 is 0 Å². The molecular formula is C20H19FN2O. The van der Waals surface area contributed by atoms with Crippen LogP contribution in [0.2, 0.25) is 0 Å². The number of methoxy groups -OCH3 is 1. The van der Waals surface area contributed by atoms with Crippen LogP contribution in [0.5, 0.6) is 5.75 Å². The maximum atomic E-state index is 13.4. The monoisotopic (exact) mass is 322 g/mol. The van der Waals surface area contributed by atoms with Gasteiger partial charge in [-0.2, -0.15) is 0 Å². The predicted octanol–water partition coefficient (Wildman–Crippen LogP) is 4.38. The topological polar surface area (TPSA) is 25.4 Å². The van der Waals surface area contributed by atoms with Crippen LogP contribution in [0.25, 0.3) is 10.9 Å². The van der Waals surface area contributed by atoms with Gasteiger partial charge in [0.15, 0.2) is 0 Å². The Bertz CT molecular complexity index is 880. The number of fused-ring (bicyclic) bond motifs is 1. The van der Waals surface area contributed by atoms with Crippen molar-refractivity contribution >= 4 is 16.6 Å². The number of hydrogen-bond acceptors (Lipinski definition) is 3. The van der Waals surface area contributed by atoms with Crippen molar-refractivity contribution in [3.8, 4) is 5.75 Å². The molecule has 3 aromatic rings. The normalized spacial score (nSPS) is 17.4. The van der Waals surface area contributed by atoms with E-state index in [-0.39, 0.29) is 5.82 Å². The first-order chi connectivity index (χ1) is 11.8. The first-order valence-corrected chi connectivity index (χ1v) is 8.18. The number of para-hydroxylation sites is 1. The molecule has 2 heterocycles. The van der Waals surface area contributed by atoms with Crippen LogP contribution in [0.15, 0.2) is 54.7 Å². The molecule has 122 valence electrons. The first kappa shape index (κ1) is 14.9. The van der Waals surface area contributed by atoms with Crippen LogP contribution in [0.4, 0.5) is 10.1 Å². The molecule has 2 aromatic carbocycles. The van der Waals surface area contributed by atoms with Crippen molar-refractivity contribution in [2.24, 2.45) is 0 Å². The first-order valence-electron chi connectivity index (χ1n) is 8.18. The Kier molecular flexibility index (Phi) is 3.81. The summed E-state index contributed by atoms with van der Waals surface area (Å²) in [6, 6.07) is 15.1. The number of benzene rings is 2. The van der Waals surface area contributed by atoms with E-state index < -0.39 is 0 Å². The van der Waals surface area contributed by atoms with Gasteiger partial charge in [0.1, 0.15) is 11.6 Å². The third kappa shape index (κ3) is 2.58. The van der Waals surface area contributed by atoms with Crippen LogP contribution in [-0.4, -0.2) is 25.2 Å². The van der Waals surface area contributed by atoms with E-state index in [9.17, 15) is 4.39 Å². The van der Waals surface area contributed by atoms with E-state index in [4.69, 9.17) is 4.74 Å². The minimum absolute atomic E-state index is 0.250. The molecule has 1 atom stereocenters. The number of hydrogen-bond donors (Lipinski definition) is 0. The lowest BCUT2D eigenvalue weighted by atomic mass is 9.97.